The lowest BCUT2D eigenvalue weighted by Crippen LogP contribution is -2.09. The summed E-state index contributed by atoms with van der Waals surface area (Å²) in [4.78, 5) is 12.5. The van der Waals surface area contributed by atoms with E-state index in [2.05, 4.69) is 29.8 Å². The normalized spacial score (nSPS) is 10.7. The Kier molecular flexibility index (Phi) is 6.88. The summed E-state index contributed by atoms with van der Waals surface area (Å²) >= 11 is 3.50. The highest BCUT2D eigenvalue weighted by Crippen LogP contribution is 2.31. The van der Waals surface area contributed by atoms with Crippen LogP contribution in [-0.2, 0) is 0 Å². The molecule has 0 radical (unpaired) electrons. The van der Waals surface area contributed by atoms with Crippen LogP contribution in [0.1, 0.15) is 30.6 Å². The molecule has 3 aromatic rings. The van der Waals surface area contributed by atoms with Crippen molar-refractivity contribution in [2.75, 3.05) is 6.61 Å². The molecule has 0 bridgehead atoms. The SMILES string of the molecule is CC(C)CCOc1ccc(C(=O)Oc2ccc(-c3ccccc3)cc2Br)cc1. The minimum atomic E-state index is -0.401. The van der Waals surface area contributed by atoms with Gasteiger partial charge in [0, 0.05) is 0 Å². The average molecular weight is 439 g/mol. The molecule has 0 aromatic heterocycles. The Labute approximate surface area is 174 Å². The molecule has 0 saturated heterocycles. The van der Waals surface area contributed by atoms with Crippen molar-refractivity contribution < 1.29 is 14.3 Å². The maximum absolute atomic E-state index is 12.5. The van der Waals surface area contributed by atoms with Gasteiger partial charge in [0.15, 0.2) is 0 Å². The third-order valence-corrected chi connectivity index (χ3v) is 4.92. The molecular weight excluding hydrogens is 416 g/mol. The van der Waals surface area contributed by atoms with Crippen LogP contribution in [0.15, 0.2) is 77.3 Å². The van der Waals surface area contributed by atoms with Crippen LogP contribution >= 0.6 is 15.9 Å². The topological polar surface area (TPSA) is 35.5 Å². The average Bonchev–Trinajstić information content (AvgIpc) is 2.70. The van der Waals surface area contributed by atoms with Gasteiger partial charge in [0.2, 0.25) is 0 Å². The maximum atomic E-state index is 12.5. The molecule has 0 heterocycles. The zero-order valence-electron chi connectivity index (χ0n) is 16.0. The fourth-order valence-corrected chi connectivity index (χ4v) is 3.11. The van der Waals surface area contributed by atoms with Gasteiger partial charge in [-0.3, -0.25) is 0 Å². The Balaban J connectivity index is 1.64. The first kappa shape index (κ1) is 20.2. The second kappa shape index (κ2) is 9.56. The molecule has 0 atom stereocenters. The van der Waals surface area contributed by atoms with Crippen LogP contribution in [0.25, 0.3) is 11.1 Å². The quantitative estimate of drug-likeness (QED) is 0.301. The van der Waals surface area contributed by atoms with Gasteiger partial charge in [0.25, 0.3) is 0 Å². The Hall–Kier alpha value is -2.59. The van der Waals surface area contributed by atoms with Crippen molar-refractivity contribution in [2.45, 2.75) is 20.3 Å². The molecule has 0 saturated carbocycles. The molecule has 28 heavy (non-hydrogen) atoms. The first-order chi connectivity index (χ1) is 13.5. The number of carbonyl (C=O) groups excluding carboxylic acids is 1. The van der Waals surface area contributed by atoms with E-state index in [1.807, 2.05) is 42.5 Å². The molecule has 144 valence electrons. The van der Waals surface area contributed by atoms with Crippen LogP contribution < -0.4 is 9.47 Å². The number of carbonyl (C=O) groups is 1. The number of hydrogen-bond acceptors (Lipinski definition) is 3. The van der Waals surface area contributed by atoms with Crippen LogP contribution in [0.2, 0.25) is 0 Å². The summed E-state index contributed by atoms with van der Waals surface area (Å²) in [5.41, 5.74) is 2.64. The lowest BCUT2D eigenvalue weighted by molar-refractivity contribution is 0.0733. The Morgan fingerprint density at radius 2 is 1.64 bits per heavy atom. The Morgan fingerprint density at radius 1 is 0.929 bits per heavy atom. The van der Waals surface area contributed by atoms with E-state index in [-0.39, 0.29) is 0 Å². The smallest absolute Gasteiger partial charge is 0.343 e. The van der Waals surface area contributed by atoms with Crippen molar-refractivity contribution in [3.63, 3.8) is 0 Å². The van der Waals surface area contributed by atoms with E-state index in [4.69, 9.17) is 9.47 Å². The standard InChI is InChI=1S/C24H23BrO3/c1-17(2)14-15-27-21-11-8-19(9-12-21)24(26)28-23-13-10-20(16-22(23)25)18-6-4-3-5-7-18/h3-13,16-17H,14-15H2,1-2H3. The fourth-order valence-electron chi connectivity index (χ4n) is 2.65. The number of halogens is 1. The van der Waals surface area contributed by atoms with Gasteiger partial charge in [-0.15, -0.1) is 0 Å². The third kappa shape index (κ3) is 5.46. The number of rotatable bonds is 7. The van der Waals surface area contributed by atoms with E-state index in [0.717, 1.165) is 27.8 Å². The summed E-state index contributed by atoms with van der Waals surface area (Å²) in [7, 11) is 0. The van der Waals surface area contributed by atoms with Crippen molar-refractivity contribution in [3.05, 3.63) is 82.8 Å². The molecule has 4 heteroatoms. The Morgan fingerprint density at radius 3 is 2.29 bits per heavy atom. The summed E-state index contributed by atoms with van der Waals surface area (Å²) in [6, 6.07) is 22.8. The van der Waals surface area contributed by atoms with Crippen molar-refractivity contribution in [2.24, 2.45) is 5.92 Å². The van der Waals surface area contributed by atoms with Crippen LogP contribution in [0.5, 0.6) is 11.5 Å². The molecule has 3 nitrogen and oxygen atoms in total. The predicted octanol–water partition coefficient (Wildman–Crippen LogP) is 6.76. The summed E-state index contributed by atoms with van der Waals surface area (Å²) in [6.45, 7) is 4.99. The van der Waals surface area contributed by atoms with Gasteiger partial charge in [0.1, 0.15) is 11.5 Å². The van der Waals surface area contributed by atoms with Gasteiger partial charge < -0.3 is 9.47 Å². The third-order valence-electron chi connectivity index (χ3n) is 4.30. The molecule has 0 aliphatic heterocycles. The predicted molar refractivity (Wildman–Crippen MR) is 116 cm³/mol. The van der Waals surface area contributed by atoms with Gasteiger partial charge >= 0.3 is 5.97 Å². The molecule has 3 rings (SSSR count). The van der Waals surface area contributed by atoms with Crippen molar-refractivity contribution in [1.82, 2.24) is 0 Å². The molecule has 0 fully saturated rings. The summed E-state index contributed by atoms with van der Waals surface area (Å²) < 4.78 is 12.0. The van der Waals surface area contributed by atoms with Crippen LogP contribution in [0.4, 0.5) is 0 Å². The van der Waals surface area contributed by atoms with Crippen LogP contribution in [0, 0.1) is 5.92 Å². The molecular formula is C24H23BrO3. The van der Waals surface area contributed by atoms with E-state index in [1.54, 1.807) is 30.3 Å². The van der Waals surface area contributed by atoms with Gasteiger partial charge in [-0.25, -0.2) is 4.79 Å². The van der Waals surface area contributed by atoms with Crippen molar-refractivity contribution in [3.8, 4) is 22.6 Å². The minimum Gasteiger partial charge on any atom is -0.494 e. The molecule has 0 spiro atoms. The van der Waals surface area contributed by atoms with E-state index >= 15 is 0 Å². The van der Waals surface area contributed by atoms with Crippen LogP contribution in [0.3, 0.4) is 0 Å². The highest BCUT2D eigenvalue weighted by molar-refractivity contribution is 9.10. The van der Waals surface area contributed by atoms with Crippen molar-refractivity contribution in [1.29, 1.82) is 0 Å². The monoisotopic (exact) mass is 438 g/mol. The molecule has 0 unspecified atom stereocenters. The summed E-state index contributed by atoms with van der Waals surface area (Å²) in [5.74, 6) is 1.44. The summed E-state index contributed by atoms with van der Waals surface area (Å²) in [6.07, 6.45) is 0.997. The molecule has 0 aliphatic carbocycles. The fraction of sp³-hybridized carbons (Fsp3) is 0.208. The molecule has 0 aliphatic rings. The van der Waals surface area contributed by atoms with Crippen molar-refractivity contribution >= 4 is 21.9 Å². The molecule has 3 aromatic carbocycles. The minimum absolute atomic E-state index is 0.401. The number of ether oxygens (including phenoxy) is 2. The van der Waals surface area contributed by atoms with Gasteiger partial charge in [-0.1, -0.05) is 50.2 Å². The summed E-state index contributed by atoms with van der Waals surface area (Å²) in [5, 5.41) is 0. The number of esters is 1. The van der Waals surface area contributed by atoms with Gasteiger partial charge in [-0.2, -0.15) is 0 Å². The lowest BCUT2D eigenvalue weighted by atomic mass is 10.1. The second-order valence-corrected chi connectivity index (χ2v) is 7.81. The van der Waals surface area contributed by atoms with E-state index in [1.165, 1.54) is 0 Å². The highest BCUT2D eigenvalue weighted by atomic mass is 79.9. The first-order valence-electron chi connectivity index (χ1n) is 9.33. The van der Waals surface area contributed by atoms with Gasteiger partial charge in [-0.05, 0) is 75.8 Å². The Bertz CT molecular complexity index is 918. The van der Waals surface area contributed by atoms with E-state index in [0.29, 0.717) is 23.8 Å². The van der Waals surface area contributed by atoms with E-state index in [9.17, 15) is 4.79 Å². The highest BCUT2D eigenvalue weighted by Gasteiger charge is 2.12. The number of hydrogen-bond donors (Lipinski definition) is 0. The van der Waals surface area contributed by atoms with Crippen LogP contribution in [-0.4, -0.2) is 12.6 Å². The second-order valence-electron chi connectivity index (χ2n) is 6.96. The molecule has 0 amide bonds. The lowest BCUT2D eigenvalue weighted by Gasteiger charge is -2.10. The zero-order valence-corrected chi connectivity index (χ0v) is 17.6. The van der Waals surface area contributed by atoms with E-state index < -0.39 is 5.97 Å². The first-order valence-corrected chi connectivity index (χ1v) is 10.1. The largest absolute Gasteiger partial charge is 0.494 e. The number of benzene rings is 3. The zero-order chi connectivity index (χ0) is 19.9. The maximum Gasteiger partial charge on any atom is 0.343 e. The van der Waals surface area contributed by atoms with Gasteiger partial charge in [0.05, 0.1) is 16.6 Å². The molecule has 0 N–H and O–H groups in total.